The highest BCUT2D eigenvalue weighted by molar-refractivity contribution is 7.99. The fourth-order valence-electron chi connectivity index (χ4n) is 3.03. The molecule has 3 aromatic rings. The van der Waals surface area contributed by atoms with Crippen LogP contribution in [0.15, 0.2) is 41.8 Å². The number of fused-ring (bicyclic) bond motifs is 1. The molecule has 0 saturated heterocycles. The maximum atomic E-state index is 12.7. The van der Waals surface area contributed by atoms with Crippen LogP contribution >= 0.6 is 11.8 Å². The van der Waals surface area contributed by atoms with Gasteiger partial charge in [0, 0.05) is 19.2 Å². The summed E-state index contributed by atoms with van der Waals surface area (Å²) < 4.78 is 3.72. The quantitative estimate of drug-likeness (QED) is 0.652. The molecule has 0 unspecified atom stereocenters. The molecule has 4 rings (SSSR count). The first-order valence-corrected chi connectivity index (χ1v) is 9.38. The Bertz CT molecular complexity index is 920. The van der Waals surface area contributed by atoms with Gasteiger partial charge in [0.05, 0.1) is 18.3 Å². The summed E-state index contributed by atoms with van der Waals surface area (Å²) >= 11 is 1.40. The smallest absolute Gasteiger partial charge is 0.233 e. The lowest BCUT2D eigenvalue weighted by atomic mass is 10.2. The van der Waals surface area contributed by atoms with Crippen molar-refractivity contribution >= 4 is 17.7 Å². The van der Waals surface area contributed by atoms with Gasteiger partial charge in [0.1, 0.15) is 12.2 Å². The molecule has 0 N–H and O–H groups in total. The van der Waals surface area contributed by atoms with E-state index in [0.29, 0.717) is 24.7 Å². The van der Waals surface area contributed by atoms with E-state index in [9.17, 15) is 4.79 Å². The Kier molecular flexibility index (Phi) is 4.46. The van der Waals surface area contributed by atoms with E-state index in [1.807, 2.05) is 53.9 Å². The summed E-state index contributed by atoms with van der Waals surface area (Å²) in [5, 5.41) is 13.2. The molecule has 1 aromatic carbocycles. The summed E-state index contributed by atoms with van der Waals surface area (Å²) in [5.74, 6) is 1.93. The van der Waals surface area contributed by atoms with Gasteiger partial charge < -0.3 is 9.47 Å². The van der Waals surface area contributed by atoms with E-state index in [1.165, 1.54) is 11.8 Å². The van der Waals surface area contributed by atoms with Crippen molar-refractivity contribution in [3.63, 3.8) is 0 Å². The Labute approximate surface area is 155 Å². The first kappa shape index (κ1) is 16.8. The van der Waals surface area contributed by atoms with Gasteiger partial charge in [0.2, 0.25) is 5.91 Å². The van der Waals surface area contributed by atoms with Crippen molar-refractivity contribution in [2.24, 2.45) is 7.05 Å². The second kappa shape index (κ2) is 6.91. The molecular formula is C17H19N7OS. The molecule has 2 aromatic heterocycles. The normalized spacial score (nSPS) is 16.5. The third-order valence-electron chi connectivity index (χ3n) is 4.44. The van der Waals surface area contributed by atoms with Gasteiger partial charge in [-0.1, -0.05) is 42.1 Å². The lowest BCUT2D eigenvalue weighted by Crippen LogP contribution is -2.42. The van der Waals surface area contributed by atoms with Crippen molar-refractivity contribution in [1.82, 2.24) is 34.4 Å². The van der Waals surface area contributed by atoms with Gasteiger partial charge in [-0.15, -0.1) is 10.2 Å². The van der Waals surface area contributed by atoms with Gasteiger partial charge in [0.25, 0.3) is 0 Å². The summed E-state index contributed by atoms with van der Waals surface area (Å²) in [4.78, 5) is 19.2. The number of hydrogen-bond acceptors (Lipinski definition) is 6. The van der Waals surface area contributed by atoms with E-state index in [0.717, 1.165) is 16.5 Å². The van der Waals surface area contributed by atoms with Crippen LogP contribution < -0.4 is 0 Å². The van der Waals surface area contributed by atoms with Crippen LogP contribution in [0.2, 0.25) is 0 Å². The maximum absolute atomic E-state index is 12.7. The van der Waals surface area contributed by atoms with E-state index in [1.54, 1.807) is 10.9 Å². The molecule has 0 fully saturated rings. The molecular weight excluding hydrogens is 350 g/mol. The number of carbonyl (C=O) groups is 1. The predicted octanol–water partition coefficient (Wildman–Crippen LogP) is 1.77. The summed E-state index contributed by atoms with van der Waals surface area (Å²) in [6.07, 6.45) is 1.63. The summed E-state index contributed by atoms with van der Waals surface area (Å²) in [6.45, 7) is 3.28. The van der Waals surface area contributed by atoms with Gasteiger partial charge in [-0.3, -0.25) is 4.79 Å². The number of amides is 1. The van der Waals surface area contributed by atoms with Gasteiger partial charge in [-0.2, -0.15) is 5.10 Å². The highest BCUT2D eigenvalue weighted by Crippen LogP contribution is 2.27. The van der Waals surface area contributed by atoms with Gasteiger partial charge in [0.15, 0.2) is 11.0 Å². The van der Waals surface area contributed by atoms with E-state index >= 15 is 0 Å². The number of benzene rings is 1. The third kappa shape index (κ3) is 3.10. The Morgan fingerprint density at radius 3 is 2.81 bits per heavy atom. The number of carbonyl (C=O) groups excluding carboxylic acids is 1. The van der Waals surface area contributed by atoms with Crippen molar-refractivity contribution in [3.05, 3.63) is 42.5 Å². The van der Waals surface area contributed by atoms with Gasteiger partial charge >= 0.3 is 0 Å². The number of hydrogen-bond donors (Lipinski definition) is 0. The molecule has 0 saturated carbocycles. The Hall–Kier alpha value is -2.68. The zero-order chi connectivity index (χ0) is 18.1. The Morgan fingerprint density at radius 2 is 2.08 bits per heavy atom. The van der Waals surface area contributed by atoms with Gasteiger partial charge in [-0.05, 0) is 6.92 Å². The average molecular weight is 369 g/mol. The van der Waals surface area contributed by atoms with Crippen molar-refractivity contribution in [1.29, 1.82) is 0 Å². The van der Waals surface area contributed by atoms with Crippen LogP contribution in [0.5, 0.6) is 0 Å². The minimum atomic E-state index is -0.110. The molecule has 0 bridgehead atoms. The van der Waals surface area contributed by atoms with Crippen molar-refractivity contribution in [3.8, 4) is 11.4 Å². The SMILES string of the molecule is C[C@H]1c2nc(-c3ccccc3)nn2CCN1C(=O)CSc1nncn1C. The minimum Gasteiger partial charge on any atom is -0.330 e. The molecule has 0 spiro atoms. The highest BCUT2D eigenvalue weighted by Gasteiger charge is 2.30. The molecule has 9 heteroatoms. The second-order valence-corrected chi connectivity index (χ2v) is 7.10. The number of rotatable bonds is 4. The van der Waals surface area contributed by atoms with E-state index < -0.39 is 0 Å². The van der Waals surface area contributed by atoms with Crippen molar-refractivity contribution in [2.75, 3.05) is 12.3 Å². The number of thioether (sulfide) groups is 1. The lowest BCUT2D eigenvalue weighted by Gasteiger charge is -2.32. The van der Waals surface area contributed by atoms with E-state index in [-0.39, 0.29) is 11.9 Å². The molecule has 0 aliphatic carbocycles. The number of aromatic nitrogens is 6. The fraction of sp³-hybridized carbons (Fsp3) is 0.353. The minimum absolute atomic E-state index is 0.0704. The van der Waals surface area contributed by atoms with Crippen LogP contribution in [-0.4, -0.2) is 52.6 Å². The average Bonchev–Trinajstić information content (AvgIpc) is 3.27. The Balaban J connectivity index is 1.49. The van der Waals surface area contributed by atoms with Crippen LogP contribution in [0.25, 0.3) is 11.4 Å². The molecule has 1 amide bonds. The first-order chi connectivity index (χ1) is 12.6. The van der Waals surface area contributed by atoms with Crippen LogP contribution in [0, 0.1) is 0 Å². The topological polar surface area (TPSA) is 81.7 Å². The van der Waals surface area contributed by atoms with Crippen molar-refractivity contribution in [2.45, 2.75) is 24.7 Å². The second-order valence-electron chi connectivity index (χ2n) is 6.16. The van der Waals surface area contributed by atoms with Crippen LogP contribution in [0.4, 0.5) is 0 Å². The third-order valence-corrected chi connectivity index (χ3v) is 5.46. The number of nitrogens with zero attached hydrogens (tertiary/aromatic N) is 7. The maximum Gasteiger partial charge on any atom is 0.233 e. The van der Waals surface area contributed by atoms with E-state index in [4.69, 9.17) is 0 Å². The summed E-state index contributed by atoms with van der Waals surface area (Å²) in [5.41, 5.74) is 0.984. The molecule has 134 valence electrons. The molecule has 3 heterocycles. The highest BCUT2D eigenvalue weighted by atomic mass is 32.2. The molecule has 8 nitrogen and oxygen atoms in total. The molecule has 0 radical (unpaired) electrons. The van der Waals surface area contributed by atoms with E-state index in [2.05, 4.69) is 20.3 Å². The van der Waals surface area contributed by atoms with Gasteiger partial charge in [-0.25, -0.2) is 9.67 Å². The molecule has 1 aliphatic rings. The zero-order valence-electron chi connectivity index (χ0n) is 14.6. The summed E-state index contributed by atoms with van der Waals surface area (Å²) in [6, 6.07) is 9.79. The largest absolute Gasteiger partial charge is 0.330 e. The monoisotopic (exact) mass is 369 g/mol. The lowest BCUT2D eigenvalue weighted by molar-refractivity contribution is -0.131. The Morgan fingerprint density at radius 1 is 1.27 bits per heavy atom. The summed E-state index contributed by atoms with van der Waals surface area (Å²) in [7, 11) is 1.86. The van der Waals surface area contributed by atoms with Crippen LogP contribution in [0.3, 0.4) is 0 Å². The fourth-order valence-corrected chi connectivity index (χ4v) is 3.80. The van der Waals surface area contributed by atoms with Crippen molar-refractivity contribution < 1.29 is 4.79 Å². The standard InChI is InChI=1S/C17H19N7OS/c1-12-16-19-15(13-6-4-3-5-7-13)21-24(16)9-8-23(12)14(25)10-26-17-20-18-11-22(17)2/h3-7,11-12H,8-10H2,1-2H3/t12-/m0/s1. The predicted molar refractivity (Wildman–Crippen MR) is 97.3 cm³/mol. The van der Waals surface area contributed by atoms with Crippen LogP contribution in [0.1, 0.15) is 18.8 Å². The number of aryl methyl sites for hydroxylation is 1. The molecule has 26 heavy (non-hydrogen) atoms. The van der Waals surface area contributed by atoms with Crippen LogP contribution in [-0.2, 0) is 18.4 Å². The first-order valence-electron chi connectivity index (χ1n) is 8.40. The zero-order valence-corrected chi connectivity index (χ0v) is 15.4. The molecule has 1 atom stereocenters. The molecule has 1 aliphatic heterocycles.